The second kappa shape index (κ2) is 6.92. The second-order valence-electron chi connectivity index (χ2n) is 5.83. The summed E-state index contributed by atoms with van der Waals surface area (Å²) in [5, 5.41) is 11.5. The summed E-state index contributed by atoms with van der Waals surface area (Å²) in [6, 6.07) is 19.1. The fourth-order valence-electron chi connectivity index (χ4n) is 3.08. The third-order valence-electron chi connectivity index (χ3n) is 4.22. The van der Waals surface area contributed by atoms with E-state index < -0.39 is 11.8 Å². The number of benzene rings is 3. The van der Waals surface area contributed by atoms with Crippen LogP contribution in [0.5, 0.6) is 0 Å². The van der Waals surface area contributed by atoms with Crippen LogP contribution < -0.4 is 5.43 Å². The van der Waals surface area contributed by atoms with Crippen molar-refractivity contribution in [3.63, 3.8) is 0 Å². The summed E-state index contributed by atoms with van der Waals surface area (Å²) >= 11 is 1.60. The molecule has 0 radical (unpaired) electrons. The number of nitrogens with zero attached hydrogens (tertiary/aromatic N) is 1. The van der Waals surface area contributed by atoms with E-state index in [-0.39, 0.29) is 13.2 Å². The molecule has 0 unspecified atom stereocenters. The molecule has 0 saturated carbocycles. The molecule has 3 aromatic carbocycles. The lowest BCUT2D eigenvalue weighted by atomic mass is 9.95. The molecule has 2 N–H and O–H groups in total. The molecule has 1 heterocycles. The Morgan fingerprint density at radius 1 is 0.885 bits per heavy atom. The number of carbonyl (C=O) groups excluding carboxylic acids is 2. The minimum Gasteiger partial charge on any atom is -0.395 e. The highest BCUT2D eigenvalue weighted by molar-refractivity contribution is 7.99. The maximum absolute atomic E-state index is 12.7. The molecule has 4 rings (SSSR count). The first-order chi connectivity index (χ1) is 12.7. The molecule has 2 amide bonds. The summed E-state index contributed by atoms with van der Waals surface area (Å²) in [6.45, 7) is -0.0362. The van der Waals surface area contributed by atoms with E-state index in [1.54, 1.807) is 23.9 Å². The minimum atomic E-state index is -0.400. The summed E-state index contributed by atoms with van der Waals surface area (Å²) in [5.41, 5.74) is 3.66. The van der Waals surface area contributed by atoms with Crippen molar-refractivity contribution < 1.29 is 14.7 Å². The molecule has 0 aromatic heterocycles. The standard InChI is InChI=1S/C20H16N2O3S/c23-12-11-21-22-19(24)15-8-4-7-14-17(26-13-5-2-1-3-6-13)10-9-16(18(14)15)20(22)25/h1-10,21,23H,11-12H2. The van der Waals surface area contributed by atoms with Gasteiger partial charge in [0.1, 0.15) is 0 Å². The average Bonchev–Trinajstić information content (AvgIpc) is 2.67. The van der Waals surface area contributed by atoms with E-state index in [4.69, 9.17) is 5.11 Å². The smallest absolute Gasteiger partial charge is 0.275 e. The summed E-state index contributed by atoms with van der Waals surface area (Å²) in [5.74, 6) is -0.799. The van der Waals surface area contributed by atoms with E-state index in [1.807, 2.05) is 48.5 Å². The Morgan fingerprint density at radius 2 is 1.62 bits per heavy atom. The first-order valence-corrected chi connectivity index (χ1v) is 9.04. The van der Waals surface area contributed by atoms with Gasteiger partial charge in [-0.2, -0.15) is 0 Å². The summed E-state index contributed by atoms with van der Waals surface area (Å²) in [7, 11) is 0. The molecular formula is C20H16N2O3S. The van der Waals surface area contributed by atoms with Crippen molar-refractivity contribution >= 4 is 34.3 Å². The normalized spacial score (nSPS) is 13.5. The van der Waals surface area contributed by atoms with E-state index in [0.717, 1.165) is 20.2 Å². The highest BCUT2D eigenvalue weighted by Gasteiger charge is 2.33. The van der Waals surface area contributed by atoms with Crippen LogP contribution >= 0.6 is 11.8 Å². The number of rotatable bonds is 5. The van der Waals surface area contributed by atoms with E-state index >= 15 is 0 Å². The van der Waals surface area contributed by atoms with Gasteiger partial charge in [0.15, 0.2) is 0 Å². The quantitative estimate of drug-likeness (QED) is 0.681. The van der Waals surface area contributed by atoms with Crippen molar-refractivity contribution in [2.45, 2.75) is 9.79 Å². The number of imide groups is 1. The van der Waals surface area contributed by atoms with Crippen molar-refractivity contribution in [3.8, 4) is 0 Å². The molecule has 3 aromatic rings. The fraction of sp³-hybridized carbons (Fsp3) is 0.100. The topological polar surface area (TPSA) is 69.6 Å². The van der Waals surface area contributed by atoms with Gasteiger partial charge in [0.25, 0.3) is 11.8 Å². The molecule has 5 nitrogen and oxygen atoms in total. The summed E-state index contributed by atoms with van der Waals surface area (Å²) in [4.78, 5) is 27.6. The van der Waals surface area contributed by atoms with Crippen LogP contribution in [-0.4, -0.2) is 35.1 Å². The number of aliphatic hydroxyl groups excluding tert-OH is 1. The number of aliphatic hydroxyl groups is 1. The molecule has 0 bridgehead atoms. The van der Waals surface area contributed by atoms with Gasteiger partial charge in [0.2, 0.25) is 0 Å². The van der Waals surface area contributed by atoms with Crippen molar-refractivity contribution in [2.24, 2.45) is 0 Å². The van der Waals surface area contributed by atoms with E-state index in [1.165, 1.54) is 0 Å². The first-order valence-electron chi connectivity index (χ1n) is 8.22. The van der Waals surface area contributed by atoms with E-state index in [2.05, 4.69) is 5.43 Å². The zero-order valence-electron chi connectivity index (χ0n) is 13.8. The van der Waals surface area contributed by atoms with Crippen LogP contribution in [0, 0.1) is 0 Å². The number of hydrazine groups is 1. The Morgan fingerprint density at radius 3 is 2.35 bits per heavy atom. The van der Waals surface area contributed by atoms with Crippen molar-refractivity contribution in [1.82, 2.24) is 10.4 Å². The lowest BCUT2D eigenvalue weighted by Gasteiger charge is -2.27. The third kappa shape index (κ3) is 2.78. The van der Waals surface area contributed by atoms with Crippen molar-refractivity contribution in [2.75, 3.05) is 13.2 Å². The molecule has 0 aliphatic carbocycles. The summed E-state index contributed by atoms with van der Waals surface area (Å²) in [6.07, 6.45) is 0. The SMILES string of the molecule is O=C1c2cccc3c(Sc4ccccc4)ccc(c23)C(=O)N1NCCO. The van der Waals surface area contributed by atoms with Gasteiger partial charge in [0.05, 0.1) is 17.7 Å². The Kier molecular flexibility index (Phi) is 4.46. The molecular weight excluding hydrogens is 348 g/mol. The Balaban J connectivity index is 1.83. The Hall–Kier alpha value is -2.67. The van der Waals surface area contributed by atoms with Gasteiger partial charge in [-0.1, -0.05) is 42.1 Å². The molecule has 26 heavy (non-hydrogen) atoms. The average molecular weight is 364 g/mol. The van der Waals surface area contributed by atoms with Crippen LogP contribution in [0.4, 0.5) is 0 Å². The van der Waals surface area contributed by atoms with E-state index in [0.29, 0.717) is 16.5 Å². The number of hydrogen-bond acceptors (Lipinski definition) is 5. The van der Waals surface area contributed by atoms with Gasteiger partial charge in [-0.15, -0.1) is 0 Å². The van der Waals surface area contributed by atoms with Crippen LogP contribution in [0.15, 0.2) is 70.5 Å². The zero-order chi connectivity index (χ0) is 18.1. The number of amides is 2. The highest BCUT2D eigenvalue weighted by atomic mass is 32.2. The first kappa shape index (κ1) is 16.8. The van der Waals surface area contributed by atoms with Gasteiger partial charge in [-0.05, 0) is 35.7 Å². The van der Waals surface area contributed by atoms with Crippen molar-refractivity contribution in [3.05, 3.63) is 71.8 Å². The molecule has 0 saturated heterocycles. The third-order valence-corrected chi connectivity index (χ3v) is 5.30. The highest BCUT2D eigenvalue weighted by Crippen LogP contribution is 2.38. The monoisotopic (exact) mass is 364 g/mol. The van der Waals surface area contributed by atoms with Crippen LogP contribution in [-0.2, 0) is 0 Å². The Bertz CT molecular complexity index is 982. The van der Waals surface area contributed by atoms with Crippen LogP contribution in [0.25, 0.3) is 10.8 Å². The van der Waals surface area contributed by atoms with Crippen molar-refractivity contribution in [1.29, 1.82) is 0 Å². The summed E-state index contributed by atoms with van der Waals surface area (Å²) < 4.78 is 0. The maximum atomic E-state index is 12.7. The largest absolute Gasteiger partial charge is 0.395 e. The lowest BCUT2D eigenvalue weighted by molar-refractivity contribution is 0.0509. The molecule has 130 valence electrons. The number of carbonyl (C=O) groups is 2. The molecule has 0 spiro atoms. The molecule has 1 aliphatic heterocycles. The zero-order valence-corrected chi connectivity index (χ0v) is 14.6. The number of nitrogens with one attached hydrogen (secondary N) is 1. The van der Waals surface area contributed by atoms with Crippen LogP contribution in [0.1, 0.15) is 20.7 Å². The lowest BCUT2D eigenvalue weighted by Crippen LogP contribution is -2.50. The predicted octanol–water partition coefficient (Wildman–Crippen LogP) is 3.08. The van der Waals surface area contributed by atoms with Gasteiger partial charge >= 0.3 is 0 Å². The molecule has 0 fully saturated rings. The van der Waals surface area contributed by atoms with Gasteiger partial charge < -0.3 is 5.11 Å². The second-order valence-corrected chi connectivity index (χ2v) is 6.95. The molecule has 1 aliphatic rings. The van der Waals surface area contributed by atoms with Gasteiger partial charge in [0, 0.05) is 21.7 Å². The van der Waals surface area contributed by atoms with Gasteiger partial charge in [-0.25, -0.2) is 10.4 Å². The van der Waals surface area contributed by atoms with Crippen LogP contribution in [0.2, 0.25) is 0 Å². The molecule has 0 atom stereocenters. The predicted molar refractivity (Wildman–Crippen MR) is 100 cm³/mol. The molecule has 6 heteroatoms. The Labute approximate surface area is 154 Å². The maximum Gasteiger partial charge on any atom is 0.275 e. The fourth-order valence-corrected chi connectivity index (χ4v) is 4.04. The van der Waals surface area contributed by atoms with Gasteiger partial charge in [-0.3, -0.25) is 9.59 Å². The van der Waals surface area contributed by atoms with Crippen LogP contribution in [0.3, 0.4) is 0 Å². The number of hydrogen-bond donors (Lipinski definition) is 2. The minimum absolute atomic E-state index is 0.130. The van der Waals surface area contributed by atoms with E-state index in [9.17, 15) is 9.59 Å².